The van der Waals surface area contributed by atoms with E-state index in [0.717, 1.165) is 12.1 Å². The minimum absolute atomic E-state index is 0.0313. The maximum atomic E-state index is 13.4. The first-order valence-corrected chi connectivity index (χ1v) is 6.27. The highest BCUT2D eigenvalue weighted by atomic mass is 19.2. The molecule has 0 fully saturated rings. The molecular formula is C13H12F3N5. The molecule has 0 aliphatic rings. The largest absolute Gasteiger partial charge is 0.383 e. The van der Waals surface area contributed by atoms with E-state index in [1.807, 2.05) is 13.8 Å². The molecule has 3 rings (SSSR count). The summed E-state index contributed by atoms with van der Waals surface area (Å²) in [7, 11) is 0. The van der Waals surface area contributed by atoms with Gasteiger partial charge in [-0.15, -0.1) is 0 Å². The number of anilines is 1. The summed E-state index contributed by atoms with van der Waals surface area (Å²) < 4.78 is 41.1. The fraction of sp³-hybridized carbons (Fsp3) is 0.231. The molecule has 3 aromatic rings. The Hall–Kier alpha value is -2.51. The van der Waals surface area contributed by atoms with Gasteiger partial charge in [-0.25, -0.2) is 17.9 Å². The van der Waals surface area contributed by atoms with Gasteiger partial charge in [0.2, 0.25) is 0 Å². The average molecular weight is 295 g/mol. The molecule has 0 atom stereocenters. The summed E-state index contributed by atoms with van der Waals surface area (Å²) in [5, 5.41) is 11.5. The topological polar surface area (TPSA) is 72.5 Å². The first kappa shape index (κ1) is 13.5. The molecule has 0 aliphatic carbocycles. The number of aromatic nitrogens is 4. The van der Waals surface area contributed by atoms with Crippen LogP contribution in [0.1, 0.15) is 25.5 Å². The molecule has 3 N–H and O–H groups in total. The van der Waals surface area contributed by atoms with Gasteiger partial charge in [0.1, 0.15) is 5.82 Å². The van der Waals surface area contributed by atoms with Crippen molar-refractivity contribution in [2.45, 2.75) is 19.8 Å². The molecule has 1 aromatic carbocycles. The van der Waals surface area contributed by atoms with Gasteiger partial charge in [-0.2, -0.15) is 10.2 Å². The van der Waals surface area contributed by atoms with E-state index in [9.17, 15) is 13.2 Å². The second-order valence-electron chi connectivity index (χ2n) is 5.01. The van der Waals surface area contributed by atoms with Crippen molar-refractivity contribution in [1.82, 2.24) is 20.0 Å². The summed E-state index contributed by atoms with van der Waals surface area (Å²) in [4.78, 5) is 0. The molecule has 21 heavy (non-hydrogen) atoms. The van der Waals surface area contributed by atoms with E-state index in [-0.39, 0.29) is 11.6 Å². The molecule has 2 heterocycles. The lowest BCUT2D eigenvalue weighted by molar-refractivity contribution is 0.446. The zero-order valence-corrected chi connectivity index (χ0v) is 11.3. The zero-order chi connectivity index (χ0) is 15.3. The van der Waals surface area contributed by atoms with Gasteiger partial charge in [0, 0.05) is 12.1 Å². The lowest BCUT2D eigenvalue weighted by Gasteiger charge is -2.04. The molecule has 5 nitrogen and oxygen atoms in total. The molecule has 110 valence electrons. The smallest absolute Gasteiger partial charge is 0.194 e. The van der Waals surface area contributed by atoms with Gasteiger partial charge in [0.15, 0.2) is 23.1 Å². The Labute approximate surface area is 117 Å². The van der Waals surface area contributed by atoms with Crippen LogP contribution in [0.5, 0.6) is 0 Å². The van der Waals surface area contributed by atoms with Gasteiger partial charge in [-0.3, -0.25) is 5.10 Å². The van der Waals surface area contributed by atoms with Crippen molar-refractivity contribution in [2.24, 2.45) is 0 Å². The van der Waals surface area contributed by atoms with Gasteiger partial charge < -0.3 is 5.73 Å². The van der Waals surface area contributed by atoms with Crippen LogP contribution in [0.3, 0.4) is 0 Å². The second-order valence-corrected chi connectivity index (χ2v) is 5.01. The minimum Gasteiger partial charge on any atom is -0.383 e. The highest BCUT2D eigenvalue weighted by Crippen LogP contribution is 2.30. The number of halogens is 3. The van der Waals surface area contributed by atoms with Crippen LogP contribution in [0.25, 0.3) is 16.7 Å². The Kier molecular flexibility index (Phi) is 2.89. The number of nitrogens with zero attached hydrogens (tertiary/aromatic N) is 3. The van der Waals surface area contributed by atoms with Crippen molar-refractivity contribution in [3.05, 3.63) is 35.3 Å². The second kappa shape index (κ2) is 4.51. The van der Waals surface area contributed by atoms with Crippen LogP contribution in [0.4, 0.5) is 19.0 Å². The first-order chi connectivity index (χ1) is 9.90. The van der Waals surface area contributed by atoms with Crippen LogP contribution in [-0.4, -0.2) is 20.0 Å². The van der Waals surface area contributed by atoms with Crippen molar-refractivity contribution < 1.29 is 13.2 Å². The standard InChI is InChI=1S/C13H12F3N5/c1-5(2)11-9-12(17)18-19-13(9)21(20-11)6-3-7(14)10(16)8(15)4-6/h3-5H,1-2H3,(H3,17,18,19). The summed E-state index contributed by atoms with van der Waals surface area (Å²) in [6.07, 6.45) is 0. The quantitative estimate of drug-likeness (QED) is 0.714. The first-order valence-electron chi connectivity index (χ1n) is 6.27. The third-order valence-electron chi connectivity index (χ3n) is 3.20. The number of nitrogens with one attached hydrogen (secondary N) is 1. The predicted molar refractivity (Wildman–Crippen MR) is 71.6 cm³/mol. The summed E-state index contributed by atoms with van der Waals surface area (Å²) >= 11 is 0. The molecule has 0 unspecified atom stereocenters. The number of benzene rings is 1. The summed E-state index contributed by atoms with van der Waals surface area (Å²) in [5.74, 6) is -3.74. The number of hydrogen-bond acceptors (Lipinski definition) is 3. The van der Waals surface area contributed by atoms with Crippen molar-refractivity contribution in [2.75, 3.05) is 5.73 Å². The highest BCUT2D eigenvalue weighted by molar-refractivity contribution is 5.90. The Bertz CT molecular complexity index is 811. The number of hydrogen-bond donors (Lipinski definition) is 2. The fourth-order valence-electron chi connectivity index (χ4n) is 2.20. The van der Waals surface area contributed by atoms with Crippen LogP contribution in [0.2, 0.25) is 0 Å². The van der Waals surface area contributed by atoms with Crippen molar-refractivity contribution in [3.63, 3.8) is 0 Å². The number of aromatic amines is 1. The number of nitrogen functional groups attached to an aromatic ring is 1. The summed E-state index contributed by atoms with van der Waals surface area (Å²) in [6, 6.07) is 1.72. The normalized spacial score (nSPS) is 11.7. The third-order valence-corrected chi connectivity index (χ3v) is 3.20. The van der Waals surface area contributed by atoms with Crippen LogP contribution in [0, 0.1) is 17.5 Å². The molecule has 0 spiro atoms. The monoisotopic (exact) mass is 295 g/mol. The van der Waals surface area contributed by atoms with Gasteiger partial charge in [0.05, 0.1) is 16.8 Å². The average Bonchev–Trinajstić information content (AvgIpc) is 2.97. The van der Waals surface area contributed by atoms with E-state index in [4.69, 9.17) is 5.73 Å². The Morgan fingerprint density at radius 2 is 1.81 bits per heavy atom. The molecule has 2 aromatic heterocycles. The fourth-order valence-corrected chi connectivity index (χ4v) is 2.20. The number of fused-ring (bicyclic) bond motifs is 1. The number of rotatable bonds is 2. The molecule has 8 heteroatoms. The molecule has 0 saturated heterocycles. The molecule has 0 amide bonds. The van der Waals surface area contributed by atoms with E-state index in [0.29, 0.717) is 22.5 Å². The van der Waals surface area contributed by atoms with Crippen LogP contribution in [0.15, 0.2) is 12.1 Å². The maximum absolute atomic E-state index is 13.4. The van der Waals surface area contributed by atoms with E-state index >= 15 is 0 Å². The molecule has 0 aliphatic heterocycles. The summed E-state index contributed by atoms with van der Waals surface area (Å²) in [6.45, 7) is 3.81. The molecule has 0 saturated carbocycles. The van der Waals surface area contributed by atoms with Gasteiger partial charge in [-0.1, -0.05) is 13.8 Å². The van der Waals surface area contributed by atoms with Crippen LogP contribution < -0.4 is 5.73 Å². The lowest BCUT2D eigenvalue weighted by atomic mass is 10.1. The van der Waals surface area contributed by atoms with Gasteiger partial charge in [0.25, 0.3) is 0 Å². The lowest BCUT2D eigenvalue weighted by Crippen LogP contribution is -2.02. The third kappa shape index (κ3) is 1.94. The number of H-pyrrole nitrogens is 1. The van der Waals surface area contributed by atoms with Crippen LogP contribution >= 0.6 is 0 Å². The van der Waals surface area contributed by atoms with E-state index in [2.05, 4.69) is 15.3 Å². The van der Waals surface area contributed by atoms with Gasteiger partial charge >= 0.3 is 0 Å². The Morgan fingerprint density at radius 3 is 2.38 bits per heavy atom. The van der Waals surface area contributed by atoms with Crippen molar-refractivity contribution in [1.29, 1.82) is 0 Å². The van der Waals surface area contributed by atoms with Gasteiger partial charge in [-0.05, 0) is 5.92 Å². The highest BCUT2D eigenvalue weighted by Gasteiger charge is 2.21. The SMILES string of the molecule is CC(C)c1nn(-c2cc(F)c(F)c(F)c2)c2n[nH]c(N)c12. The van der Waals surface area contributed by atoms with E-state index in [1.165, 1.54) is 4.68 Å². The van der Waals surface area contributed by atoms with Crippen LogP contribution in [-0.2, 0) is 0 Å². The predicted octanol–water partition coefficient (Wildman–Crippen LogP) is 2.87. The molecule has 0 bridgehead atoms. The molecule has 0 radical (unpaired) electrons. The minimum atomic E-state index is -1.52. The maximum Gasteiger partial charge on any atom is 0.194 e. The van der Waals surface area contributed by atoms with E-state index < -0.39 is 17.5 Å². The zero-order valence-electron chi connectivity index (χ0n) is 11.3. The van der Waals surface area contributed by atoms with Crippen molar-refractivity contribution >= 4 is 16.9 Å². The Balaban J connectivity index is 2.31. The number of nitrogens with two attached hydrogens (primary N) is 1. The summed E-state index contributed by atoms with van der Waals surface area (Å²) in [5.41, 5.74) is 6.82. The Morgan fingerprint density at radius 1 is 1.19 bits per heavy atom. The van der Waals surface area contributed by atoms with Crippen molar-refractivity contribution in [3.8, 4) is 5.69 Å². The molecular weight excluding hydrogens is 283 g/mol. The van der Waals surface area contributed by atoms with E-state index in [1.54, 1.807) is 0 Å².